The second-order valence-electron chi connectivity index (χ2n) is 3.99. The third-order valence-corrected chi connectivity index (χ3v) is 2.29. The van der Waals surface area contributed by atoms with Crippen molar-refractivity contribution in [1.29, 1.82) is 0 Å². The summed E-state index contributed by atoms with van der Waals surface area (Å²) >= 11 is 0. The van der Waals surface area contributed by atoms with Crippen LogP contribution in [-0.2, 0) is 4.74 Å². The van der Waals surface area contributed by atoms with E-state index in [1.807, 2.05) is 6.92 Å². The van der Waals surface area contributed by atoms with Crippen LogP contribution in [0.2, 0.25) is 0 Å². The molecule has 0 unspecified atom stereocenters. The molecule has 0 aliphatic carbocycles. The molecule has 1 aromatic carbocycles. The quantitative estimate of drug-likeness (QED) is 0.245. The van der Waals surface area contributed by atoms with Crippen LogP contribution < -0.4 is 0 Å². The molecule has 5 heteroatoms. The molecular weight excluding hydrogens is 234 g/mol. The molecule has 0 N–H and O–H groups in total. The number of benzene rings is 1. The Morgan fingerprint density at radius 3 is 2.83 bits per heavy atom. The van der Waals surface area contributed by atoms with E-state index in [2.05, 4.69) is 6.58 Å². The molecule has 96 valence electrons. The van der Waals surface area contributed by atoms with Crippen molar-refractivity contribution in [2.24, 2.45) is 0 Å². The maximum atomic E-state index is 11.7. The number of nitrogens with zero attached hydrogens (tertiary/aromatic N) is 1. The Morgan fingerprint density at radius 2 is 2.22 bits per heavy atom. The van der Waals surface area contributed by atoms with E-state index in [4.69, 9.17) is 4.74 Å². The minimum absolute atomic E-state index is 0.0750. The Labute approximate surface area is 105 Å². The minimum atomic E-state index is -0.529. The zero-order chi connectivity index (χ0) is 13.5. The summed E-state index contributed by atoms with van der Waals surface area (Å²) in [6, 6.07) is 5.62. The zero-order valence-electron chi connectivity index (χ0n) is 10.2. The molecule has 0 aliphatic rings. The van der Waals surface area contributed by atoms with Crippen molar-refractivity contribution >= 4 is 11.5 Å². The van der Waals surface area contributed by atoms with Crippen molar-refractivity contribution in [3.8, 4) is 0 Å². The molecule has 18 heavy (non-hydrogen) atoms. The highest BCUT2D eigenvalue weighted by atomic mass is 16.6. The van der Waals surface area contributed by atoms with E-state index in [1.54, 1.807) is 0 Å². The Morgan fingerprint density at radius 1 is 1.50 bits per heavy atom. The molecule has 1 rings (SSSR count). The highest BCUT2D eigenvalue weighted by Crippen LogP contribution is 2.13. The lowest BCUT2D eigenvalue weighted by molar-refractivity contribution is -0.384. The third-order valence-electron chi connectivity index (χ3n) is 2.29. The standard InChI is InChI=1S/C13H15NO4/c1-10(2)6-7-18-9-13(15)11-4-3-5-12(8-11)14(16)17/h3-5,8H,1,6-7,9H2,2H3. The summed E-state index contributed by atoms with van der Waals surface area (Å²) in [6.07, 6.45) is 0.697. The second kappa shape index (κ2) is 6.66. The Hall–Kier alpha value is -2.01. The highest BCUT2D eigenvalue weighted by molar-refractivity contribution is 5.97. The van der Waals surface area contributed by atoms with Crippen molar-refractivity contribution in [3.05, 3.63) is 52.1 Å². The van der Waals surface area contributed by atoms with E-state index in [-0.39, 0.29) is 18.1 Å². The molecule has 5 nitrogen and oxygen atoms in total. The molecule has 0 aliphatic heterocycles. The van der Waals surface area contributed by atoms with E-state index >= 15 is 0 Å². The molecule has 0 fully saturated rings. The molecule has 0 aromatic heterocycles. The topological polar surface area (TPSA) is 69.4 Å². The van der Waals surface area contributed by atoms with Gasteiger partial charge in [0.1, 0.15) is 6.61 Å². The molecule has 0 saturated carbocycles. The number of non-ortho nitro benzene ring substituents is 1. The van der Waals surface area contributed by atoms with Gasteiger partial charge in [-0.1, -0.05) is 17.7 Å². The number of rotatable bonds is 7. The van der Waals surface area contributed by atoms with Gasteiger partial charge in [0.2, 0.25) is 0 Å². The number of ether oxygens (including phenoxy) is 1. The van der Waals surface area contributed by atoms with Gasteiger partial charge in [-0.25, -0.2) is 0 Å². The van der Waals surface area contributed by atoms with Gasteiger partial charge in [-0.05, 0) is 13.3 Å². The average Bonchev–Trinajstić information content (AvgIpc) is 2.34. The van der Waals surface area contributed by atoms with Crippen LogP contribution in [-0.4, -0.2) is 23.9 Å². The number of carbonyl (C=O) groups excluding carboxylic acids is 1. The van der Waals surface area contributed by atoms with Crippen LogP contribution in [0.25, 0.3) is 0 Å². The van der Waals surface area contributed by atoms with Crippen LogP contribution in [0, 0.1) is 10.1 Å². The SMILES string of the molecule is C=C(C)CCOCC(=O)c1cccc([N+](=O)[O-])c1. The fourth-order valence-corrected chi connectivity index (χ4v) is 1.29. The number of hydrogen-bond acceptors (Lipinski definition) is 4. The molecule has 0 radical (unpaired) electrons. The molecule has 0 heterocycles. The summed E-state index contributed by atoms with van der Waals surface area (Å²) < 4.78 is 5.18. The summed E-state index contributed by atoms with van der Waals surface area (Å²) in [5, 5.41) is 10.6. The first-order valence-electron chi connectivity index (χ1n) is 5.50. The van der Waals surface area contributed by atoms with Crippen LogP contribution in [0.5, 0.6) is 0 Å². The first-order chi connectivity index (χ1) is 8.50. The summed E-state index contributed by atoms with van der Waals surface area (Å²) in [5.41, 5.74) is 1.18. The molecular formula is C13H15NO4. The smallest absolute Gasteiger partial charge is 0.270 e. The number of Topliss-reactive ketones (excluding diaryl/α,β-unsaturated/α-hetero) is 1. The average molecular weight is 249 g/mol. The lowest BCUT2D eigenvalue weighted by Crippen LogP contribution is -2.10. The first kappa shape index (κ1) is 14.1. The summed E-state index contributed by atoms with van der Waals surface area (Å²) in [6.45, 7) is 5.95. The van der Waals surface area contributed by atoms with Crippen LogP contribution in [0.3, 0.4) is 0 Å². The van der Waals surface area contributed by atoms with Crippen LogP contribution >= 0.6 is 0 Å². The number of nitro benzene ring substituents is 1. The van der Waals surface area contributed by atoms with E-state index in [0.717, 1.165) is 5.57 Å². The predicted molar refractivity (Wildman–Crippen MR) is 67.7 cm³/mol. The van der Waals surface area contributed by atoms with Gasteiger partial charge >= 0.3 is 0 Å². The molecule has 0 spiro atoms. The number of hydrogen-bond donors (Lipinski definition) is 0. The Bertz CT molecular complexity index is 468. The summed E-state index contributed by atoms with van der Waals surface area (Å²) in [4.78, 5) is 21.7. The molecule has 1 aromatic rings. The van der Waals surface area contributed by atoms with Gasteiger partial charge in [0, 0.05) is 17.7 Å². The fraction of sp³-hybridized carbons (Fsp3) is 0.308. The normalized spacial score (nSPS) is 10.1. The lowest BCUT2D eigenvalue weighted by Gasteiger charge is -2.03. The molecule has 0 atom stereocenters. The van der Waals surface area contributed by atoms with Gasteiger partial charge in [-0.15, -0.1) is 6.58 Å². The third kappa shape index (κ3) is 4.47. The van der Waals surface area contributed by atoms with Gasteiger partial charge < -0.3 is 4.74 Å². The molecule has 0 saturated heterocycles. The van der Waals surface area contributed by atoms with Gasteiger partial charge in [-0.3, -0.25) is 14.9 Å². The van der Waals surface area contributed by atoms with Crippen molar-refractivity contribution < 1.29 is 14.5 Å². The van der Waals surface area contributed by atoms with Crippen LogP contribution in [0.1, 0.15) is 23.7 Å². The Kier molecular flexibility index (Phi) is 5.20. The van der Waals surface area contributed by atoms with Crippen LogP contribution in [0.4, 0.5) is 5.69 Å². The summed E-state index contributed by atoms with van der Waals surface area (Å²) in [7, 11) is 0. The maximum Gasteiger partial charge on any atom is 0.270 e. The van der Waals surface area contributed by atoms with E-state index < -0.39 is 4.92 Å². The van der Waals surface area contributed by atoms with Crippen molar-refractivity contribution in [2.45, 2.75) is 13.3 Å². The first-order valence-corrected chi connectivity index (χ1v) is 5.50. The minimum Gasteiger partial charge on any atom is -0.373 e. The van der Waals surface area contributed by atoms with Gasteiger partial charge in [0.25, 0.3) is 5.69 Å². The van der Waals surface area contributed by atoms with E-state index in [9.17, 15) is 14.9 Å². The number of carbonyl (C=O) groups is 1. The second-order valence-corrected chi connectivity index (χ2v) is 3.99. The monoisotopic (exact) mass is 249 g/mol. The van der Waals surface area contributed by atoms with Gasteiger partial charge in [-0.2, -0.15) is 0 Å². The van der Waals surface area contributed by atoms with Crippen molar-refractivity contribution in [1.82, 2.24) is 0 Å². The van der Waals surface area contributed by atoms with E-state index in [1.165, 1.54) is 24.3 Å². The molecule has 0 bridgehead atoms. The lowest BCUT2D eigenvalue weighted by atomic mass is 10.1. The van der Waals surface area contributed by atoms with E-state index in [0.29, 0.717) is 18.6 Å². The van der Waals surface area contributed by atoms with Gasteiger partial charge in [0.15, 0.2) is 5.78 Å². The van der Waals surface area contributed by atoms with Crippen LogP contribution in [0.15, 0.2) is 36.4 Å². The highest BCUT2D eigenvalue weighted by Gasteiger charge is 2.11. The Balaban J connectivity index is 2.53. The molecule has 0 amide bonds. The van der Waals surface area contributed by atoms with Crippen molar-refractivity contribution in [2.75, 3.05) is 13.2 Å². The largest absolute Gasteiger partial charge is 0.373 e. The van der Waals surface area contributed by atoms with Gasteiger partial charge in [0.05, 0.1) is 11.5 Å². The number of ketones is 1. The summed E-state index contributed by atoms with van der Waals surface area (Å²) in [5.74, 6) is -0.264. The predicted octanol–water partition coefficient (Wildman–Crippen LogP) is 2.76. The van der Waals surface area contributed by atoms with Crippen molar-refractivity contribution in [3.63, 3.8) is 0 Å². The zero-order valence-corrected chi connectivity index (χ0v) is 10.2. The maximum absolute atomic E-state index is 11.7. The fourth-order valence-electron chi connectivity index (χ4n) is 1.29. The number of nitro groups is 1.